The third-order valence-electron chi connectivity index (χ3n) is 3.50. The van der Waals surface area contributed by atoms with E-state index in [9.17, 15) is 0 Å². The summed E-state index contributed by atoms with van der Waals surface area (Å²) in [6, 6.07) is 8.40. The molecule has 118 valence electrons. The molecule has 6 heteroatoms. The molecule has 2 rings (SSSR count). The van der Waals surface area contributed by atoms with Gasteiger partial charge in [0.25, 0.3) is 0 Å². The average molecular weight is 404 g/mol. The topological polar surface area (TPSA) is 62.9 Å². The summed E-state index contributed by atoms with van der Waals surface area (Å²) in [4.78, 5) is 6.83. The number of nitrogens with one attached hydrogen (secondary N) is 1. The highest BCUT2D eigenvalue weighted by atomic mass is 127. The Labute approximate surface area is 144 Å². The van der Waals surface area contributed by atoms with Gasteiger partial charge in [0.15, 0.2) is 5.96 Å². The number of likely N-dealkylation sites (N-methyl/N-ethyl adjacent to an activating group) is 1. The minimum absolute atomic E-state index is 0. The average Bonchev–Trinajstić information content (AvgIpc) is 3.29. The normalized spacial score (nSPS) is 14.7. The lowest BCUT2D eigenvalue weighted by Crippen LogP contribution is -2.30. The fourth-order valence-corrected chi connectivity index (χ4v) is 2.20. The van der Waals surface area contributed by atoms with Crippen LogP contribution in [-0.4, -0.2) is 43.6 Å². The van der Waals surface area contributed by atoms with Crippen LogP contribution in [0.2, 0.25) is 0 Å². The fourth-order valence-electron chi connectivity index (χ4n) is 2.20. The highest BCUT2D eigenvalue weighted by molar-refractivity contribution is 14.0. The smallest absolute Gasteiger partial charge is 0.193 e. The Balaban J connectivity index is 0.00000220. The van der Waals surface area contributed by atoms with E-state index in [2.05, 4.69) is 22.1 Å². The second kappa shape index (κ2) is 9.09. The molecule has 3 N–H and O–H groups in total. The minimum atomic E-state index is 0. The Morgan fingerprint density at radius 2 is 2.05 bits per heavy atom. The third kappa shape index (κ3) is 6.09. The maximum absolute atomic E-state index is 5.88. The van der Waals surface area contributed by atoms with Crippen molar-refractivity contribution in [3.63, 3.8) is 0 Å². The second-order valence-electron chi connectivity index (χ2n) is 4.98. The van der Waals surface area contributed by atoms with E-state index in [0.717, 1.165) is 37.1 Å². The van der Waals surface area contributed by atoms with E-state index in [0.29, 0.717) is 5.96 Å². The van der Waals surface area contributed by atoms with Crippen LogP contribution in [-0.2, 0) is 0 Å². The van der Waals surface area contributed by atoms with Gasteiger partial charge in [-0.15, -0.1) is 24.0 Å². The summed E-state index contributed by atoms with van der Waals surface area (Å²) in [5, 5.41) is 3.08. The summed E-state index contributed by atoms with van der Waals surface area (Å²) in [5.41, 5.74) is 6.80. The Morgan fingerprint density at radius 3 is 2.57 bits per heavy atom. The summed E-state index contributed by atoms with van der Waals surface area (Å²) in [5.74, 6) is 1.29. The Kier molecular flexibility index (Phi) is 7.81. The number of anilines is 1. The van der Waals surface area contributed by atoms with E-state index in [-0.39, 0.29) is 24.0 Å². The Bertz CT molecular complexity index is 445. The molecular weight excluding hydrogens is 379 g/mol. The predicted molar refractivity (Wildman–Crippen MR) is 98.8 cm³/mol. The lowest BCUT2D eigenvalue weighted by molar-refractivity contribution is 0.286. The lowest BCUT2D eigenvalue weighted by atomic mass is 10.3. The molecule has 0 unspecified atom stereocenters. The molecule has 21 heavy (non-hydrogen) atoms. The molecule has 1 aliphatic carbocycles. The number of guanidine groups is 1. The minimum Gasteiger partial charge on any atom is -0.497 e. The number of aliphatic imine (C=N–C) groups is 1. The molecule has 0 radical (unpaired) electrons. The number of hydrogen-bond acceptors (Lipinski definition) is 3. The molecule has 1 aromatic carbocycles. The van der Waals surface area contributed by atoms with Crippen molar-refractivity contribution in [2.75, 3.05) is 32.1 Å². The van der Waals surface area contributed by atoms with E-state index in [1.54, 1.807) is 7.11 Å². The number of benzene rings is 1. The fraction of sp³-hybridized carbons (Fsp3) is 0.533. The number of hydrogen-bond donors (Lipinski definition) is 2. The number of nitrogens with two attached hydrogens (primary N) is 1. The molecule has 0 aliphatic heterocycles. The summed E-state index contributed by atoms with van der Waals surface area (Å²) in [6.07, 6.45) is 2.66. The highest BCUT2D eigenvalue weighted by Gasteiger charge is 2.26. The maximum atomic E-state index is 5.88. The zero-order valence-electron chi connectivity index (χ0n) is 12.7. The van der Waals surface area contributed by atoms with Crippen LogP contribution < -0.4 is 15.8 Å². The first-order chi connectivity index (χ1) is 9.72. The van der Waals surface area contributed by atoms with Crippen LogP contribution >= 0.6 is 24.0 Å². The summed E-state index contributed by atoms with van der Waals surface area (Å²) >= 11 is 0. The zero-order valence-corrected chi connectivity index (χ0v) is 15.0. The molecule has 1 aliphatic rings. The van der Waals surface area contributed by atoms with E-state index >= 15 is 0 Å². The molecular formula is C15H25IN4O. The molecule has 0 heterocycles. The van der Waals surface area contributed by atoms with Crippen molar-refractivity contribution in [1.82, 2.24) is 4.90 Å². The molecule has 0 aromatic heterocycles. The van der Waals surface area contributed by atoms with E-state index in [1.165, 1.54) is 12.8 Å². The Hall–Kier alpha value is -1.02. The van der Waals surface area contributed by atoms with Crippen molar-refractivity contribution in [2.24, 2.45) is 10.7 Å². The largest absolute Gasteiger partial charge is 0.497 e. The van der Waals surface area contributed by atoms with Crippen molar-refractivity contribution in [1.29, 1.82) is 0 Å². The molecule has 0 bridgehead atoms. The lowest BCUT2D eigenvalue weighted by Gasteiger charge is -2.18. The maximum Gasteiger partial charge on any atom is 0.193 e. The van der Waals surface area contributed by atoms with Gasteiger partial charge in [-0.2, -0.15) is 0 Å². The van der Waals surface area contributed by atoms with Crippen molar-refractivity contribution < 1.29 is 4.74 Å². The highest BCUT2D eigenvalue weighted by Crippen LogP contribution is 2.25. The van der Waals surface area contributed by atoms with Gasteiger partial charge in [-0.25, -0.2) is 0 Å². The van der Waals surface area contributed by atoms with Gasteiger partial charge in [0.2, 0.25) is 0 Å². The quantitative estimate of drug-likeness (QED) is 0.417. The predicted octanol–water partition coefficient (Wildman–Crippen LogP) is 2.52. The van der Waals surface area contributed by atoms with E-state index in [1.807, 2.05) is 24.3 Å². The van der Waals surface area contributed by atoms with Crippen molar-refractivity contribution in [3.05, 3.63) is 24.3 Å². The van der Waals surface area contributed by atoms with Crippen LogP contribution in [0.15, 0.2) is 29.3 Å². The number of nitrogens with zero attached hydrogens (tertiary/aromatic N) is 2. The van der Waals surface area contributed by atoms with Crippen molar-refractivity contribution in [3.8, 4) is 5.75 Å². The Morgan fingerprint density at radius 1 is 1.38 bits per heavy atom. The first-order valence-electron chi connectivity index (χ1n) is 7.18. The van der Waals surface area contributed by atoms with Crippen LogP contribution in [0.3, 0.4) is 0 Å². The van der Waals surface area contributed by atoms with Crippen LogP contribution in [0.25, 0.3) is 0 Å². The van der Waals surface area contributed by atoms with Gasteiger partial charge < -0.3 is 15.8 Å². The van der Waals surface area contributed by atoms with Crippen LogP contribution in [0.4, 0.5) is 5.69 Å². The monoisotopic (exact) mass is 404 g/mol. The van der Waals surface area contributed by atoms with Crippen LogP contribution in [0.1, 0.15) is 19.8 Å². The van der Waals surface area contributed by atoms with E-state index < -0.39 is 0 Å². The van der Waals surface area contributed by atoms with Crippen LogP contribution in [0.5, 0.6) is 5.75 Å². The second-order valence-corrected chi connectivity index (χ2v) is 4.98. The molecule has 0 spiro atoms. The van der Waals surface area contributed by atoms with Gasteiger partial charge in [-0.3, -0.25) is 9.89 Å². The van der Waals surface area contributed by atoms with Gasteiger partial charge in [-0.05, 0) is 43.7 Å². The van der Waals surface area contributed by atoms with Gasteiger partial charge in [0.05, 0.1) is 13.7 Å². The molecule has 1 aromatic rings. The SMILES string of the molecule is CCN(CCN=C(N)Nc1ccc(OC)cc1)C1CC1.I. The van der Waals surface area contributed by atoms with Crippen molar-refractivity contribution in [2.45, 2.75) is 25.8 Å². The third-order valence-corrected chi connectivity index (χ3v) is 3.50. The molecule has 0 atom stereocenters. The number of rotatable bonds is 7. The molecule has 0 saturated heterocycles. The van der Waals surface area contributed by atoms with Gasteiger partial charge in [0.1, 0.15) is 5.75 Å². The number of halogens is 1. The summed E-state index contributed by atoms with van der Waals surface area (Å²) < 4.78 is 5.11. The number of methoxy groups -OCH3 is 1. The van der Waals surface area contributed by atoms with E-state index in [4.69, 9.17) is 10.5 Å². The standard InChI is InChI=1S/C15H24N4O.HI/c1-3-19(13-6-7-13)11-10-17-15(16)18-12-4-8-14(20-2)9-5-12;/h4-5,8-9,13H,3,6-7,10-11H2,1-2H3,(H3,16,17,18);1H. The first-order valence-corrected chi connectivity index (χ1v) is 7.18. The van der Waals surface area contributed by atoms with Crippen LogP contribution in [0, 0.1) is 0 Å². The number of ether oxygens (including phenoxy) is 1. The van der Waals surface area contributed by atoms with Crippen molar-refractivity contribution >= 4 is 35.6 Å². The van der Waals surface area contributed by atoms with Gasteiger partial charge >= 0.3 is 0 Å². The summed E-state index contributed by atoms with van der Waals surface area (Å²) in [6.45, 7) is 5.00. The molecule has 1 saturated carbocycles. The zero-order chi connectivity index (χ0) is 14.4. The first kappa shape index (κ1) is 18.0. The van der Waals surface area contributed by atoms with Gasteiger partial charge in [-0.1, -0.05) is 6.92 Å². The molecule has 1 fully saturated rings. The summed E-state index contributed by atoms with van der Waals surface area (Å²) in [7, 11) is 1.65. The molecule has 0 amide bonds. The molecule has 5 nitrogen and oxygen atoms in total. The van der Waals surface area contributed by atoms with Gasteiger partial charge in [0, 0.05) is 18.3 Å².